The summed E-state index contributed by atoms with van der Waals surface area (Å²) in [5.74, 6) is 0.170. The van der Waals surface area contributed by atoms with Gasteiger partial charge >= 0.3 is 0 Å². The lowest BCUT2D eigenvalue weighted by Gasteiger charge is -2.02. The minimum Gasteiger partial charge on any atom is -0.294 e. The second-order valence-corrected chi connectivity index (χ2v) is 2.76. The second-order valence-electron chi connectivity index (χ2n) is 2.76. The molecular formula is C10H15NO. The van der Waals surface area contributed by atoms with Crippen molar-refractivity contribution in [3.63, 3.8) is 0 Å². The molecule has 0 aromatic rings. The van der Waals surface area contributed by atoms with Gasteiger partial charge in [0.05, 0.1) is 0 Å². The summed E-state index contributed by atoms with van der Waals surface area (Å²) in [7, 11) is 0. The van der Waals surface area contributed by atoms with E-state index in [-0.39, 0.29) is 11.7 Å². The smallest absolute Gasteiger partial charge is 0.165 e. The first-order valence-corrected chi connectivity index (χ1v) is 3.96. The van der Waals surface area contributed by atoms with Gasteiger partial charge in [-0.2, -0.15) is 0 Å². The van der Waals surface area contributed by atoms with E-state index in [9.17, 15) is 4.79 Å². The van der Waals surface area contributed by atoms with Gasteiger partial charge in [-0.3, -0.25) is 9.79 Å². The molecule has 0 saturated carbocycles. The van der Waals surface area contributed by atoms with Crippen LogP contribution in [-0.4, -0.2) is 12.5 Å². The van der Waals surface area contributed by atoms with E-state index in [1.807, 2.05) is 20.8 Å². The zero-order chi connectivity index (χ0) is 9.56. The molecule has 0 heterocycles. The molecule has 0 radical (unpaired) electrons. The molecule has 0 bridgehead atoms. The Morgan fingerprint density at radius 2 is 2.08 bits per heavy atom. The molecule has 0 N–H and O–H groups in total. The maximum atomic E-state index is 11.4. The lowest BCUT2D eigenvalue weighted by Crippen LogP contribution is -2.08. The van der Waals surface area contributed by atoms with Crippen molar-refractivity contribution in [1.82, 2.24) is 0 Å². The SMILES string of the molecule is C=N/C=C\C(=C/C)C(=O)C(C)C. The van der Waals surface area contributed by atoms with Crippen LogP contribution in [0.3, 0.4) is 0 Å². The average molecular weight is 165 g/mol. The second kappa shape index (κ2) is 5.47. The lowest BCUT2D eigenvalue weighted by molar-refractivity contribution is -0.117. The first-order valence-electron chi connectivity index (χ1n) is 3.96. The number of rotatable bonds is 4. The van der Waals surface area contributed by atoms with Gasteiger partial charge in [0.25, 0.3) is 0 Å². The topological polar surface area (TPSA) is 29.4 Å². The number of ketones is 1. The molecular weight excluding hydrogens is 150 g/mol. The number of hydrogen-bond donors (Lipinski definition) is 0. The summed E-state index contributed by atoms with van der Waals surface area (Å²) in [6.07, 6.45) is 4.98. The van der Waals surface area contributed by atoms with Crippen LogP contribution in [0, 0.1) is 5.92 Å². The van der Waals surface area contributed by atoms with Crippen molar-refractivity contribution in [2.45, 2.75) is 20.8 Å². The van der Waals surface area contributed by atoms with Crippen LogP contribution in [-0.2, 0) is 4.79 Å². The van der Waals surface area contributed by atoms with E-state index in [0.29, 0.717) is 5.57 Å². The van der Waals surface area contributed by atoms with E-state index in [2.05, 4.69) is 11.7 Å². The number of hydrogen-bond acceptors (Lipinski definition) is 2. The summed E-state index contributed by atoms with van der Waals surface area (Å²) in [5, 5.41) is 0. The summed E-state index contributed by atoms with van der Waals surface area (Å²) < 4.78 is 0. The maximum Gasteiger partial charge on any atom is 0.165 e. The molecule has 0 fully saturated rings. The monoisotopic (exact) mass is 165 g/mol. The van der Waals surface area contributed by atoms with Crippen LogP contribution >= 0.6 is 0 Å². The number of allylic oxidation sites excluding steroid dienone is 3. The van der Waals surface area contributed by atoms with E-state index in [0.717, 1.165) is 0 Å². The van der Waals surface area contributed by atoms with Gasteiger partial charge in [-0.05, 0) is 19.7 Å². The Morgan fingerprint density at radius 3 is 2.42 bits per heavy atom. The normalized spacial score (nSPS) is 12.5. The molecule has 0 aliphatic rings. The molecule has 0 unspecified atom stereocenters. The third-order valence-corrected chi connectivity index (χ3v) is 1.48. The fraction of sp³-hybridized carbons (Fsp3) is 0.400. The molecule has 0 rings (SSSR count). The zero-order valence-corrected chi connectivity index (χ0v) is 7.87. The Morgan fingerprint density at radius 1 is 1.50 bits per heavy atom. The maximum absolute atomic E-state index is 11.4. The van der Waals surface area contributed by atoms with Gasteiger partial charge in [-0.1, -0.05) is 19.9 Å². The van der Waals surface area contributed by atoms with Crippen LogP contribution in [0.15, 0.2) is 28.9 Å². The predicted octanol–water partition coefficient (Wildman–Crippen LogP) is 2.37. The molecule has 0 spiro atoms. The van der Waals surface area contributed by atoms with Gasteiger partial charge in [-0.15, -0.1) is 0 Å². The highest BCUT2D eigenvalue weighted by molar-refractivity contribution is 5.99. The fourth-order valence-electron chi connectivity index (χ4n) is 0.787. The third kappa shape index (κ3) is 3.28. The summed E-state index contributed by atoms with van der Waals surface area (Å²) in [4.78, 5) is 14.9. The molecule has 0 aromatic heterocycles. The van der Waals surface area contributed by atoms with Crippen molar-refractivity contribution >= 4 is 12.5 Å². The average Bonchev–Trinajstić information content (AvgIpc) is 2.05. The van der Waals surface area contributed by atoms with Crippen molar-refractivity contribution in [3.8, 4) is 0 Å². The fourth-order valence-corrected chi connectivity index (χ4v) is 0.787. The highest BCUT2D eigenvalue weighted by Crippen LogP contribution is 2.07. The summed E-state index contributed by atoms with van der Waals surface area (Å²) in [6.45, 7) is 8.88. The zero-order valence-electron chi connectivity index (χ0n) is 7.87. The Bertz CT molecular complexity index is 224. The Labute approximate surface area is 73.7 Å². The lowest BCUT2D eigenvalue weighted by atomic mass is 10.0. The molecule has 0 amide bonds. The summed E-state index contributed by atoms with van der Waals surface area (Å²) in [5.41, 5.74) is 0.692. The summed E-state index contributed by atoms with van der Waals surface area (Å²) in [6, 6.07) is 0. The molecule has 0 aliphatic heterocycles. The van der Waals surface area contributed by atoms with Crippen molar-refractivity contribution in [3.05, 3.63) is 23.9 Å². The summed E-state index contributed by atoms with van der Waals surface area (Å²) >= 11 is 0. The molecule has 66 valence electrons. The van der Waals surface area contributed by atoms with Crippen LogP contribution in [0.1, 0.15) is 20.8 Å². The minimum absolute atomic E-state index is 0.0330. The Balaban J connectivity index is 4.48. The molecule has 2 nitrogen and oxygen atoms in total. The molecule has 2 heteroatoms. The molecule has 0 atom stereocenters. The van der Waals surface area contributed by atoms with Gasteiger partial charge in [0, 0.05) is 17.7 Å². The predicted molar refractivity (Wildman–Crippen MR) is 52.3 cm³/mol. The standard InChI is InChI=1S/C10H15NO/c1-5-9(6-7-11-4)10(12)8(2)3/h5-8H,4H2,1-3H3/b7-6-,9-5+. The van der Waals surface area contributed by atoms with Crippen LogP contribution in [0.25, 0.3) is 0 Å². The first kappa shape index (κ1) is 10.8. The number of Topliss-reactive ketones (excluding diaryl/α,β-unsaturated/α-hetero) is 1. The van der Waals surface area contributed by atoms with E-state index >= 15 is 0 Å². The quantitative estimate of drug-likeness (QED) is 0.357. The minimum atomic E-state index is 0.0330. The van der Waals surface area contributed by atoms with Crippen LogP contribution in [0.2, 0.25) is 0 Å². The van der Waals surface area contributed by atoms with Gasteiger partial charge in [0.2, 0.25) is 0 Å². The third-order valence-electron chi connectivity index (χ3n) is 1.48. The Hall–Kier alpha value is -1.18. The van der Waals surface area contributed by atoms with E-state index < -0.39 is 0 Å². The van der Waals surface area contributed by atoms with Gasteiger partial charge in [-0.25, -0.2) is 0 Å². The first-order chi connectivity index (χ1) is 5.63. The van der Waals surface area contributed by atoms with Crippen molar-refractivity contribution in [1.29, 1.82) is 0 Å². The Kier molecular flexibility index (Phi) is 4.93. The van der Waals surface area contributed by atoms with Crippen LogP contribution in [0.4, 0.5) is 0 Å². The highest BCUT2D eigenvalue weighted by Gasteiger charge is 2.09. The molecule has 0 aromatic carbocycles. The molecule has 0 saturated heterocycles. The van der Waals surface area contributed by atoms with Gasteiger partial charge < -0.3 is 0 Å². The largest absolute Gasteiger partial charge is 0.294 e. The van der Waals surface area contributed by atoms with Crippen molar-refractivity contribution in [2.24, 2.45) is 10.9 Å². The highest BCUT2D eigenvalue weighted by atomic mass is 16.1. The van der Waals surface area contributed by atoms with E-state index in [1.165, 1.54) is 6.20 Å². The number of carbonyl (C=O) groups excluding carboxylic acids is 1. The van der Waals surface area contributed by atoms with Crippen LogP contribution < -0.4 is 0 Å². The molecule has 12 heavy (non-hydrogen) atoms. The van der Waals surface area contributed by atoms with Crippen molar-refractivity contribution < 1.29 is 4.79 Å². The van der Waals surface area contributed by atoms with Gasteiger partial charge in [0.15, 0.2) is 5.78 Å². The number of carbonyl (C=O) groups is 1. The van der Waals surface area contributed by atoms with E-state index in [1.54, 1.807) is 12.2 Å². The van der Waals surface area contributed by atoms with Gasteiger partial charge in [0.1, 0.15) is 0 Å². The van der Waals surface area contributed by atoms with E-state index in [4.69, 9.17) is 0 Å². The van der Waals surface area contributed by atoms with Crippen LogP contribution in [0.5, 0.6) is 0 Å². The van der Waals surface area contributed by atoms with Crippen molar-refractivity contribution in [2.75, 3.05) is 0 Å². The number of nitrogens with zero attached hydrogens (tertiary/aromatic N) is 1. The molecule has 0 aliphatic carbocycles. The number of aliphatic imine (C=N–C) groups is 1.